The van der Waals surface area contributed by atoms with Crippen molar-refractivity contribution in [2.24, 2.45) is 5.41 Å². The number of carbonyl (C=O) groups excluding carboxylic acids is 1. The normalized spacial score (nSPS) is 35.1. The molecule has 2 saturated carbocycles. The number of hydrogen-bond donors (Lipinski definition) is 1. The largest absolute Gasteiger partial charge is 0.325 e. The molecule has 3 rings (SSSR count). The second-order valence-corrected chi connectivity index (χ2v) is 6.96. The molecule has 1 N–H and O–H groups in total. The summed E-state index contributed by atoms with van der Waals surface area (Å²) in [6.45, 7) is 5.44. The van der Waals surface area contributed by atoms with Gasteiger partial charge in [0.1, 0.15) is 0 Å². The van der Waals surface area contributed by atoms with Crippen molar-refractivity contribution < 1.29 is 4.79 Å². The fourth-order valence-electron chi connectivity index (χ4n) is 3.99. The zero-order valence-electron chi connectivity index (χ0n) is 11.1. The molecule has 3 fully saturated rings. The van der Waals surface area contributed by atoms with Crippen molar-refractivity contribution in [1.82, 2.24) is 10.2 Å². The van der Waals surface area contributed by atoms with Crippen molar-refractivity contribution >= 4 is 5.91 Å². The average molecular weight is 236 g/mol. The molecule has 0 aromatic carbocycles. The summed E-state index contributed by atoms with van der Waals surface area (Å²) in [5.74, 6) is 0.401. The van der Waals surface area contributed by atoms with Gasteiger partial charge in [-0.05, 0) is 37.5 Å². The van der Waals surface area contributed by atoms with Crippen molar-refractivity contribution in [2.75, 3.05) is 6.67 Å². The summed E-state index contributed by atoms with van der Waals surface area (Å²) in [5, 5.41) is 3.51. The highest BCUT2D eigenvalue weighted by atomic mass is 16.2. The summed E-state index contributed by atoms with van der Waals surface area (Å²) in [5.41, 5.74) is 0.267. The molecule has 3 heteroatoms. The molecular weight excluding hydrogens is 212 g/mol. The third-order valence-corrected chi connectivity index (χ3v) is 5.10. The van der Waals surface area contributed by atoms with Gasteiger partial charge in [0.2, 0.25) is 5.91 Å². The van der Waals surface area contributed by atoms with E-state index in [1.54, 1.807) is 0 Å². The fraction of sp³-hybridized carbons (Fsp3) is 0.929. The lowest BCUT2D eigenvalue weighted by molar-refractivity contribution is -0.134. The number of nitrogens with one attached hydrogen (secondary N) is 1. The number of rotatable bonds is 1. The van der Waals surface area contributed by atoms with Crippen LogP contribution in [0.15, 0.2) is 0 Å². The highest BCUT2D eigenvalue weighted by Gasteiger charge is 2.50. The lowest BCUT2D eigenvalue weighted by Crippen LogP contribution is -2.45. The predicted molar refractivity (Wildman–Crippen MR) is 67.5 cm³/mol. The van der Waals surface area contributed by atoms with Crippen molar-refractivity contribution in [1.29, 1.82) is 0 Å². The molecule has 2 aliphatic carbocycles. The van der Waals surface area contributed by atoms with Gasteiger partial charge in [0, 0.05) is 6.04 Å². The van der Waals surface area contributed by atoms with Gasteiger partial charge in [-0.1, -0.05) is 26.7 Å². The molecule has 3 nitrogen and oxygen atoms in total. The van der Waals surface area contributed by atoms with Crippen LogP contribution in [-0.2, 0) is 4.79 Å². The Labute approximate surface area is 104 Å². The summed E-state index contributed by atoms with van der Waals surface area (Å²) in [6, 6.07) is 0.491. The molecule has 17 heavy (non-hydrogen) atoms. The Balaban J connectivity index is 1.72. The van der Waals surface area contributed by atoms with E-state index in [9.17, 15) is 4.79 Å². The third-order valence-electron chi connectivity index (χ3n) is 5.10. The predicted octanol–water partition coefficient (Wildman–Crippen LogP) is 2.27. The maximum absolute atomic E-state index is 12.6. The molecule has 1 unspecified atom stereocenters. The van der Waals surface area contributed by atoms with Gasteiger partial charge in [-0.3, -0.25) is 10.1 Å². The Morgan fingerprint density at radius 2 is 1.94 bits per heavy atom. The molecule has 96 valence electrons. The molecule has 1 atom stereocenters. The lowest BCUT2D eigenvalue weighted by atomic mass is 9.91. The van der Waals surface area contributed by atoms with Crippen molar-refractivity contribution in [2.45, 2.75) is 70.4 Å². The van der Waals surface area contributed by atoms with Crippen LogP contribution in [0.3, 0.4) is 0 Å². The van der Waals surface area contributed by atoms with Gasteiger partial charge in [-0.2, -0.15) is 0 Å². The van der Waals surface area contributed by atoms with Gasteiger partial charge in [0.25, 0.3) is 0 Å². The zero-order valence-corrected chi connectivity index (χ0v) is 11.1. The molecule has 3 aliphatic rings. The van der Waals surface area contributed by atoms with Crippen LogP contribution in [0, 0.1) is 5.41 Å². The summed E-state index contributed by atoms with van der Waals surface area (Å²) >= 11 is 0. The second-order valence-electron chi connectivity index (χ2n) is 6.96. The van der Waals surface area contributed by atoms with E-state index in [2.05, 4.69) is 24.1 Å². The smallest absolute Gasteiger partial charge is 0.244 e. The maximum atomic E-state index is 12.6. The Bertz CT molecular complexity index is 331. The van der Waals surface area contributed by atoms with Crippen LogP contribution in [0.25, 0.3) is 0 Å². The standard InChI is InChI=1S/C14H24N2O/c1-13(2)8-5-11(9-13)16-10-15-14(12(16)17)6-3-4-7-14/h11,15H,3-10H2,1-2H3. The minimum Gasteiger partial charge on any atom is -0.325 e. The molecule has 0 aromatic heterocycles. The molecule has 1 heterocycles. The van der Waals surface area contributed by atoms with Crippen molar-refractivity contribution in [3.63, 3.8) is 0 Å². The molecule has 1 spiro atoms. The number of nitrogens with zero attached hydrogens (tertiary/aromatic N) is 1. The summed E-state index contributed by atoms with van der Waals surface area (Å²) < 4.78 is 0. The Morgan fingerprint density at radius 1 is 1.24 bits per heavy atom. The van der Waals surface area contributed by atoms with Crippen molar-refractivity contribution in [3.05, 3.63) is 0 Å². The fourth-order valence-corrected chi connectivity index (χ4v) is 3.99. The Hall–Kier alpha value is -0.570. The Kier molecular flexibility index (Phi) is 2.51. The average Bonchev–Trinajstić information content (AvgIpc) is 2.93. The van der Waals surface area contributed by atoms with Crippen LogP contribution in [0.4, 0.5) is 0 Å². The Morgan fingerprint density at radius 3 is 2.53 bits per heavy atom. The van der Waals surface area contributed by atoms with E-state index in [-0.39, 0.29) is 5.54 Å². The molecule has 0 bridgehead atoms. The number of carbonyl (C=O) groups is 1. The van der Waals surface area contributed by atoms with Crippen LogP contribution < -0.4 is 5.32 Å². The van der Waals surface area contributed by atoms with Gasteiger partial charge in [-0.15, -0.1) is 0 Å². The molecule has 0 radical (unpaired) electrons. The first-order valence-electron chi connectivity index (χ1n) is 7.09. The maximum Gasteiger partial charge on any atom is 0.244 e. The van der Waals surface area contributed by atoms with E-state index in [0.29, 0.717) is 17.4 Å². The van der Waals surface area contributed by atoms with Gasteiger partial charge in [-0.25, -0.2) is 0 Å². The van der Waals surface area contributed by atoms with Crippen LogP contribution >= 0.6 is 0 Å². The van der Waals surface area contributed by atoms with Gasteiger partial charge in [0.05, 0.1) is 12.2 Å². The van der Waals surface area contributed by atoms with E-state index < -0.39 is 0 Å². The van der Waals surface area contributed by atoms with Gasteiger partial charge in [0.15, 0.2) is 0 Å². The van der Waals surface area contributed by atoms with E-state index in [1.165, 1.54) is 32.1 Å². The van der Waals surface area contributed by atoms with Gasteiger partial charge < -0.3 is 4.90 Å². The first kappa shape index (κ1) is 11.5. The SMILES string of the molecule is CC1(C)CCC(N2CNC3(CCCC3)C2=O)C1. The van der Waals surface area contributed by atoms with E-state index in [4.69, 9.17) is 0 Å². The van der Waals surface area contributed by atoms with E-state index in [1.807, 2.05) is 0 Å². The van der Waals surface area contributed by atoms with Crippen LogP contribution in [-0.4, -0.2) is 29.1 Å². The summed E-state index contributed by atoms with van der Waals surface area (Å²) in [6.07, 6.45) is 8.16. The quantitative estimate of drug-likeness (QED) is 0.757. The first-order chi connectivity index (χ1) is 8.03. The summed E-state index contributed by atoms with van der Waals surface area (Å²) in [7, 11) is 0. The molecule has 1 aliphatic heterocycles. The molecular formula is C14H24N2O. The lowest BCUT2D eigenvalue weighted by Gasteiger charge is -2.27. The molecule has 1 saturated heterocycles. The third kappa shape index (κ3) is 1.79. The zero-order chi connectivity index (χ0) is 12.1. The minimum atomic E-state index is -0.160. The monoisotopic (exact) mass is 236 g/mol. The molecule has 0 aromatic rings. The minimum absolute atomic E-state index is 0.160. The van der Waals surface area contributed by atoms with Crippen LogP contribution in [0.2, 0.25) is 0 Å². The highest BCUT2D eigenvalue weighted by Crippen LogP contribution is 2.42. The van der Waals surface area contributed by atoms with Gasteiger partial charge >= 0.3 is 0 Å². The first-order valence-corrected chi connectivity index (χ1v) is 7.09. The van der Waals surface area contributed by atoms with Crippen molar-refractivity contribution in [3.8, 4) is 0 Å². The topological polar surface area (TPSA) is 32.3 Å². The van der Waals surface area contributed by atoms with E-state index >= 15 is 0 Å². The summed E-state index contributed by atoms with van der Waals surface area (Å²) in [4.78, 5) is 14.7. The highest BCUT2D eigenvalue weighted by molar-refractivity contribution is 5.89. The van der Waals surface area contributed by atoms with Crippen LogP contribution in [0.1, 0.15) is 58.8 Å². The van der Waals surface area contributed by atoms with Crippen LogP contribution in [0.5, 0.6) is 0 Å². The number of amides is 1. The number of hydrogen-bond acceptors (Lipinski definition) is 2. The molecule has 1 amide bonds. The second kappa shape index (κ2) is 3.71. The van der Waals surface area contributed by atoms with E-state index in [0.717, 1.165) is 19.5 Å².